The lowest BCUT2D eigenvalue weighted by Crippen LogP contribution is -2.45. The number of ether oxygens (including phenoxy) is 2. The summed E-state index contributed by atoms with van der Waals surface area (Å²) >= 11 is 0. The molecule has 1 heterocycles. The summed E-state index contributed by atoms with van der Waals surface area (Å²) in [5.74, 6) is 0.715. The number of hydrogen-bond acceptors (Lipinski definition) is 5. The van der Waals surface area contributed by atoms with Crippen LogP contribution in [0.4, 0.5) is 0 Å². The SMILES string of the molecule is CCN(CC)CCOc1ccc(C(=O)NC[C@@H]2CN(C)CCO2)cc1. The van der Waals surface area contributed by atoms with Crippen LogP contribution in [0.1, 0.15) is 24.2 Å². The van der Waals surface area contributed by atoms with Gasteiger partial charge < -0.3 is 24.6 Å². The first-order chi connectivity index (χ1) is 12.1. The molecular weight excluding hydrogens is 318 g/mol. The first kappa shape index (κ1) is 19.7. The molecule has 1 aliphatic rings. The Hall–Kier alpha value is -1.63. The zero-order chi connectivity index (χ0) is 18.1. The molecule has 0 spiro atoms. The molecule has 2 rings (SSSR count). The predicted molar refractivity (Wildman–Crippen MR) is 99.3 cm³/mol. The standard InChI is InChI=1S/C19H31N3O3/c1-4-22(5-2)11-13-24-17-8-6-16(7-9-17)19(23)20-14-18-15-21(3)10-12-25-18/h6-9,18H,4-5,10-15H2,1-3H3,(H,20,23)/t18-/m1/s1. The Morgan fingerprint density at radius 2 is 2.04 bits per heavy atom. The summed E-state index contributed by atoms with van der Waals surface area (Å²) in [5, 5.41) is 2.94. The van der Waals surface area contributed by atoms with Gasteiger partial charge in [0.25, 0.3) is 5.91 Å². The molecule has 1 amide bonds. The molecule has 1 aromatic rings. The number of amides is 1. The van der Waals surface area contributed by atoms with Crippen molar-refractivity contribution in [3.63, 3.8) is 0 Å². The predicted octanol–water partition coefficient (Wildman–Crippen LogP) is 1.47. The number of likely N-dealkylation sites (N-methyl/N-ethyl adjacent to an activating group) is 2. The number of hydrogen-bond donors (Lipinski definition) is 1. The van der Waals surface area contributed by atoms with E-state index in [1.165, 1.54) is 0 Å². The van der Waals surface area contributed by atoms with Crippen molar-refractivity contribution in [1.82, 2.24) is 15.1 Å². The Balaban J connectivity index is 1.73. The molecule has 1 saturated heterocycles. The minimum absolute atomic E-state index is 0.0605. The van der Waals surface area contributed by atoms with Crippen molar-refractivity contribution in [1.29, 1.82) is 0 Å². The fourth-order valence-corrected chi connectivity index (χ4v) is 2.83. The number of carbonyl (C=O) groups is 1. The van der Waals surface area contributed by atoms with Crippen molar-refractivity contribution in [3.05, 3.63) is 29.8 Å². The summed E-state index contributed by atoms with van der Waals surface area (Å²) in [4.78, 5) is 16.8. The van der Waals surface area contributed by atoms with E-state index < -0.39 is 0 Å². The third-order valence-corrected chi connectivity index (χ3v) is 4.52. The fraction of sp³-hybridized carbons (Fsp3) is 0.632. The van der Waals surface area contributed by atoms with Gasteiger partial charge in [0, 0.05) is 31.7 Å². The van der Waals surface area contributed by atoms with Gasteiger partial charge in [0.15, 0.2) is 0 Å². The van der Waals surface area contributed by atoms with Crippen molar-refractivity contribution in [2.24, 2.45) is 0 Å². The van der Waals surface area contributed by atoms with E-state index in [4.69, 9.17) is 9.47 Å². The number of nitrogens with one attached hydrogen (secondary N) is 1. The van der Waals surface area contributed by atoms with Gasteiger partial charge in [-0.2, -0.15) is 0 Å². The second-order valence-corrected chi connectivity index (χ2v) is 6.36. The van der Waals surface area contributed by atoms with Gasteiger partial charge in [-0.15, -0.1) is 0 Å². The minimum atomic E-state index is -0.0773. The maximum absolute atomic E-state index is 12.2. The van der Waals surface area contributed by atoms with E-state index >= 15 is 0 Å². The highest BCUT2D eigenvalue weighted by atomic mass is 16.5. The smallest absolute Gasteiger partial charge is 0.251 e. The maximum atomic E-state index is 12.2. The number of morpholine rings is 1. The zero-order valence-electron chi connectivity index (χ0n) is 15.7. The van der Waals surface area contributed by atoms with Crippen LogP contribution in [-0.2, 0) is 4.74 Å². The second kappa shape index (κ2) is 10.4. The van der Waals surface area contributed by atoms with Crippen LogP contribution < -0.4 is 10.1 Å². The Morgan fingerprint density at radius 3 is 2.68 bits per heavy atom. The average molecular weight is 349 g/mol. The molecule has 0 aromatic heterocycles. The molecule has 1 N–H and O–H groups in total. The number of nitrogens with zero attached hydrogens (tertiary/aromatic N) is 2. The van der Waals surface area contributed by atoms with Crippen LogP contribution >= 0.6 is 0 Å². The zero-order valence-corrected chi connectivity index (χ0v) is 15.7. The topological polar surface area (TPSA) is 54.0 Å². The van der Waals surface area contributed by atoms with Crippen LogP contribution in [0, 0.1) is 0 Å². The molecule has 6 nitrogen and oxygen atoms in total. The van der Waals surface area contributed by atoms with Crippen LogP contribution in [0.15, 0.2) is 24.3 Å². The lowest BCUT2D eigenvalue weighted by Gasteiger charge is -2.30. The van der Waals surface area contributed by atoms with Gasteiger partial charge in [-0.05, 0) is 44.4 Å². The molecule has 0 saturated carbocycles. The summed E-state index contributed by atoms with van der Waals surface area (Å²) in [5.41, 5.74) is 0.639. The Labute approximate surface area is 151 Å². The lowest BCUT2D eigenvalue weighted by atomic mass is 10.2. The van der Waals surface area contributed by atoms with Gasteiger partial charge in [0.05, 0.1) is 12.7 Å². The van der Waals surface area contributed by atoms with Gasteiger partial charge >= 0.3 is 0 Å². The van der Waals surface area contributed by atoms with Crippen LogP contribution in [0.25, 0.3) is 0 Å². The molecule has 0 aliphatic carbocycles. The summed E-state index contributed by atoms with van der Waals surface area (Å²) in [6, 6.07) is 7.30. The second-order valence-electron chi connectivity index (χ2n) is 6.36. The van der Waals surface area contributed by atoms with Gasteiger partial charge in [0.1, 0.15) is 12.4 Å². The van der Waals surface area contributed by atoms with Crippen LogP contribution in [-0.4, -0.2) is 81.3 Å². The van der Waals surface area contributed by atoms with Crippen molar-refractivity contribution >= 4 is 5.91 Å². The fourth-order valence-electron chi connectivity index (χ4n) is 2.83. The van der Waals surface area contributed by atoms with Gasteiger partial charge in [-0.3, -0.25) is 4.79 Å². The van der Waals surface area contributed by atoms with Crippen LogP contribution in [0.2, 0.25) is 0 Å². The highest BCUT2D eigenvalue weighted by Gasteiger charge is 2.18. The molecule has 1 aromatic carbocycles. The highest BCUT2D eigenvalue weighted by Crippen LogP contribution is 2.12. The third-order valence-electron chi connectivity index (χ3n) is 4.52. The molecular formula is C19H31N3O3. The summed E-state index contributed by atoms with van der Waals surface area (Å²) in [6.07, 6.45) is 0.0605. The Kier molecular flexibility index (Phi) is 8.18. The van der Waals surface area contributed by atoms with E-state index in [-0.39, 0.29) is 12.0 Å². The van der Waals surface area contributed by atoms with Crippen molar-refractivity contribution in [3.8, 4) is 5.75 Å². The molecule has 0 radical (unpaired) electrons. The average Bonchev–Trinajstić information content (AvgIpc) is 2.64. The van der Waals surface area contributed by atoms with Crippen molar-refractivity contribution in [2.45, 2.75) is 20.0 Å². The largest absolute Gasteiger partial charge is 0.492 e. The molecule has 0 unspecified atom stereocenters. The Morgan fingerprint density at radius 1 is 1.32 bits per heavy atom. The summed E-state index contributed by atoms with van der Waals surface area (Å²) in [7, 11) is 2.07. The normalized spacial score (nSPS) is 18.3. The third kappa shape index (κ3) is 6.65. The monoisotopic (exact) mass is 349 g/mol. The number of rotatable bonds is 9. The molecule has 1 atom stereocenters. The highest BCUT2D eigenvalue weighted by molar-refractivity contribution is 5.94. The minimum Gasteiger partial charge on any atom is -0.492 e. The first-order valence-corrected chi connectivity index (χ1v) is 9.16. The molecule has 1 fully saturated rings. The lowest BCUT2D eigenvalue weighted by molar-refractivity contribution is -0.0175. The molecule has 140 valence electrons. The van der Waals surface area contributed by atoms with Crippen LogP contribution in [0.3, 0.4) is 0 Å². The van der Waals surface area contributed by atoms with Gasteiger partial charge in [0.2, 0.25) is 0 Å². The molecule has 25 heavy (non-hydrogen) atoms. The first-order valence-electron chi connectivity index (χ1n) is 9.16. The Bertz CT molecular complexity index is 517. The number of carbonyl (C=O) groups excluding carboxylic acids is 1. The van der Waals surface area contributed by atoms with Crippen LogP contribution in [0.5, 0.6) is 5.75 Å². The molecule has 0 bridgehead atoms. The quantitative estimate of drug-likeness (QED) is 0.732. The van der Waals surface area contributed by atoms with Crippen molar-refractivity contribution in [2.75, 3.05) is 59.5 Å². The van der Waals surface area contributed by atoms with E-state index in [0.717, 1.165) is 45.1 Å². The van der Waals surface area contributed by atoms with E-state index in [1.807, 2.05) is 12.1 Å². The molecule has 6 heteroatoms. The summed E-state index contributed by atoms with van der Waals surface area (Å²) < 4.78 is 11.4. The van der Waals surface area contributed by atoms with Gasteiger partial charge in [-0.1, -0.05) is 13.8 Å². The maximum Gasteiger partial charge on any atom is 0.251 e. The molecule has 1 aliphatic heterocycles. The van der Waals surface area contributed by atoms with E-state index in [1.54, 1.807) is 12.1 Å². The van der Waals surface area contributed by atoms with Crippen molar-refractivity contribution < 1.29 is 14.3 Å². The van der Waals surface area contributed by atoms with Gasteiger partial charge in [-0.25, -0.2) is 0 Å². The van der Waals surface area contributed by atoms with E-state index in [9.17, 15) is 4.79 Å². The van der Waals surface area contributed by atoms with E-state index in [2.05, 4.69) is 36.0 Å². The summed E-state index contributed by atoms with van der Waals surface area (Å²) in [6.45, 7) is 11.0. The number of benzene rings is 1. The van der Waals surface area contributed by atoms with E-state index in [0.29, 0.717) is 18.7 Å².